The third kappa shape index (κ3) is 4.87. The van der Waals surface area contributed by atoms with Gasteiger partial charge in [0.25, 0.3) is 0 Å². The van der Waals surface area contributed by atoms with E-state index in [0.29, 0.717) is 25.9 Å². The summed E-state index contributed by atoms with van der Waals surface area (Å²) in [6.45, 7) is 2.44. The summed E-state index contributed by atoms with van der Waals surface area (Å²) in [5.41, 5.74) is 2.87. The molecular weight excluding hydrogens is 346 g/mol. The lowest BCUT2D eigenvalue weighted by atomic mass is 10.2. The van der Waals surface area contributed by atoms with Crippen LogP contribution in [0.3, 0.4) is 0 Å². The Labute approximate surface area is 158 Å². The maximum Gasteiger partial charge on any atom is 0.319 e. The lowest BCUT2D eigenvalue weighted by molar-refractivity contribution is -0.121. The van der Waals surface area contributed by atoms with Gasteiger partial charge in [0.05, 0.1) is 30.7 Å². The third-order valence-electron chi connectivity index (χ3n) is 4.58. The van der Waals surface area contributed by atoms with Crippen LogP contribution in [-0.4, -0.2) is 61.9 Å². The minimum atomic E-state index is -0.00791. The topological polar surface area (TPSA) is 88.3 Å². The fraction of sp³-hybridized carbons (Fsp3) is 0.556. The molecule has 0 aromatic carbocycles. The smallest absolute Gasteiger partial charge is 0.319 e. The molecule has 146 valence electrons. The molecule has 0 saturated heterocycles. The lowest BCUT2D eigenvalue weighted by Crippen LogP contribution is -2.38. The van der Waals surface area contributed by atoms with Crippen molar-refractivity contribution in [3.63, 3.8) is 0 Å². The standard InChI is InChI=1S/C18H27N7O2/c1-22(2)18(27)24-7-4-8-25-16(13-24)9-15(21-25)11-19-17(26)6-5-14-10-20-23(3)12-14/h9-10,12H,4-8,11,13H2,1-3H3,(H,19,26). The molecule has 3 heterocycles. The van der Waals surface area contributed by atoms with Crippen LogP contribution >= 0.6 is 0 Å². The van der Waals surface area contributed by atoms with Crippen LogP contribution < -0.4 is 5.32 Å². The summed E-state index contributed by atoms with van der Waals surface area (Å²) in [6, 6.07) is 1.98. The average Bonchev–Trinajstić information content (AvgIpc) is 3.17. The van der Waals surface area contributed by atoms with Crippen LogP contribution in [0.5, 0.6) is 0 Å². The first kappa shape index (κ1) is 18.9. The number of nitrogens with one attached hydrogen (secondary N) is 1. The molecule has 1 aliphatic heterocycles. The van der Waals surface area contributed by atoms with Gasteiger partial charge in [-0.15, -0.1) is 0 Å². The summed E-state index contributed by atoms with van der Waals surface area (Å²) in [7, 11) is 5.38. The van der Waals surface area contributed by atoms with Gasteiger partial charge in [0.2, 0.25) is 5.91 Å². The van der Waals surface area contributed by atoms with Crippen molar-refractivity contribution in [2.45, 2.75) is 38.9 Å². The largest absolute Gasteiger partial charge is 0.350 e. The molecule has 2 aromatic heterocycles. The highest BCUT2D eigenvalue weighted by Crippen LogP contribution is 2.15. The van der Waals surface area contributed by atoms with E-state index in [1.807, 2.05) is 28.9 Å². The average molecular weight is 373 g/mol. The Morgan fingerprint density at radius 2 is 2.11 bits per heavy atom. The predicted octanol–water partition coefficient (Wildman–Crippen LogP) is 0.753. The van der Waals surface area contributed by atoms with E-state index in [9.17, 15) is 9.59 Å². The maximum atomic E-state index is 12.2. The third-order valence-corrected chi connectivity index (χ3v) is 4.58. The van der Waals surface area contributed by atoms with E-state index in [0.717, 1.165) is 36.5 Å². The van der Waals surface area contributed by atoms with Gasteiger partial charge in [-0.2, -0.15) is 10.2 Å². The molecule has 0 radical (unpaired) electrons. The fourth-order valence-electron chi connectivity index (χ4n) is 3.19. The Balaban J connectivity index is 1.52. The number of urea groups is 1. The second-order valence-corrected chi connectivity index (χ2v) is 7.10. The SMILES string of the molecule is CN(C)C(=O)N1CCCn2nc(CNC(=O)CCc3cnn(C)c3)cc2C1. The Bertz CT molecular complexity index is 808. The molecule has 2 aromatic rings. The molecule has 0 saturated carbocycles. The van der Waals surface area contributed by atoms with Crippen molar-refractivity contribution in [1.29, 1.82) is 0 Å². The maximum absolute atomic E-state index is 12.2. The highest BCUT2D eigenvalue weighted by Gasteiger charge is 2.21. The number of hydrogen-bond acceptors (Lipinski definition) is 4. The van der Waals surface area contributed by atoms with Gasteiger partial charge < -0.3 is 15.1 Å². The zero-order valence-electron chi connectivity index (χ0n) is 16.2. The van der Waals surface area contributed by atoms with Crippen LogP contribution in [0.4, 0.5) is 4.79 Å². The van der Waals surface area contributed by atoms with Gasteiger partial charge in [-0.3, -0.25) is 14.2 Å². The summed E-state index contributed by atoms with van der Waals surface area (Å²) in [5, 5.41) is 11.6. The molecule has 9 nitrogen and oxygen atoms in total. The van der Waals surface area contributed by atoms with Crippen molar-refractivity contribution in [3.05, 3.63) is 35.4 Å². The molecule has 0 bridgehead atoms. The minimum absolute atomic E-state index is 0.00791. The highest BCUT2D eigenvalue weighted by molar-refractivity contribution is 5.76. The summed E-state index contributed by atoms with van der Waals surface area (Å²) in [4.78, 5) is 27.7. The molecule has 0 unspecified atom stereocenters. The molecule has 27 heavy (non-hydrogen) atoms. The van der Waals surface area contributed by atoms with E-state index < -0.39 is 0 Å². The van der Waals surface area contributed by atoms with Crippen molar-refractivity contribution >= 4 is 11.9 Å². The normalized spacial score (nSPS) is 13.8. The number of fused-ring (bicyclic) bond motifs is 1. The van der Waals surface area contributed by atoms with Crippen LogP contribution in [0.2, 0.25) is 0 Å². The quantitative estimate of drug-likeness (QED) is 0.838. The number of carbonyl (C=O) groups excluding carboxylic acids is 2. The van der Waals surface area contributed by atoms with Crippen molar-refractivity contribution in [3.8, 4) is 0 Å². The molecule has 1 aliphatic rings. The van der Waals surface area contributed by atoms with Crippen LogP contribution in [0.1, 0.15) is 29.8 Å². The van der Waals surface area contributed by atoms with Crippen LogP contribution in [0.25, 0.3) is 0 Å². The molecule has 3 rings (SSSR count). The fourth-order valence-corrected chi connectivity index (χ4v) is 3.19. The summed E-state index contributed by atoms with van der Waals surface area (Å²) < 4.78 is 3.68. The van der Waals surface area contributed by atoms with Gasteiger partial charge in [0.15, 0.2) is 0 Å². The number of amides is 3. The highest BCUT2D eigenvalue weighted by atomic mass is 16.2. The van der Waals surface area contributed by atoms with E-state index in [2.05, 4.69) is 15.5 Å². The molecule has 3 amide bonds. The first-order valence-electron chi connectivity index (χ1n) is 9.18. The molecule has 0 fully saturated rings. The monoisotopic (exact) mass is 373 g/mol. The van der Waals surface area contributed by atoms with Crippen LogP contribution in [0, 0.1) is 0 Å². The Kier molecular flexibility index (Phi) is 5.78. The van der Waals surface area contributed by atoms with E-state index in [-0.39, 0.29) is 11.9 Å². The number of carbonyl (C=O) groups is 2. The first-order valence-corrected chi connectivity index (χ1v) is 9.18. The number of aryl methyl sites for hydroxylation is 3. The molecule has 9 heteroatoms. The van der Waals surface area contributed by atoms with E-state index in [1.165, 1.54) is 0 Å². The predicted molar refractivity (Wildman–Crippen MR) is 99.7 cm³/mol. The van der Waals surface area contributed by atoms with Crippen molar-refractivity contribution in [1.82, 2.24) is 34.7 Å². The lowest BCUT2D eigenvalue weighted by Gasteiger charge is -2.23. The van der Waals surface area contributed by atoms with Gasteiger partial charge >= 0.3 is 6.03 Å². The van der Waals surface area contributed by atoms with Gasteiger partial charge in [-0.05, 0) is 24.5 Å². The Morgan fingerprint density at radius 3 is 2.81 bits per heavy atom. The molecule has 0 aliphatic carbocycles. The molecule has 0 atom stereocenters. The number of nitrogens with zero attached hydrogens (tertiary/aromatic N) is 6. The minimum Gasteiger partial charge on any atom is -0.350 e. The zero-order chi connectivity index (χ0) is 19.4. The zero-order valence-corrected chi connectivity index (χ0v) is 16.2. The van der Waals surface area contributed by atoms with Gasteiger partial charge in [0.1, 0.15) is 0 Å². The summed E-state index contributed by atoms with van der Waals surface area (Å²) in [5.74, 6) is -0.00791. The number of hydrogen-bond donors (Lipinski definition) is 1. The summed E-state index contributed by atoms with van der Waals surface area (Å²) in [6.07, 6.45) is 5.65. The Hall–Kier alpha value is -2.84. The van der Waals surface area contributed by atoms with Gasteiger partial charge in [0, 0.05) is 46.9 Å². The second kappa shape index (κ2) is 8.24. The molecule has 1 N–H and O–H groups in total. The number of aromatic nitrogens is 4. The second-order valence-electron chi connectivity index (χ2n) is 7.10. The van der Waals surface area contributed by atoms with Gasteiger partial charge in [-0.25, -0.2) is 4.79 Å². The van der Waals surface area contributed by atoms with E-state index in [1.54, 1.807) is 29.9 Å². The van der Waals surface area contributed by atoms with E-state index >= 15 is 0 Å². The molecular formula is C18H27N7O2. The van der Waals surface area contributed by atoms with Crippen LogP contribution in [0.15, 0.2) is 18.5 Å². The molecule has 0 spiro atoms. The summed E-state index contributed by atoms with van der Waals surface area (Å²) >= 11 is 0. The Morgan fingerprint density at radius 1 is 1.30 bits per heavy atom. The van der Waals surface area contributed by atoms with Crippen LogP contribution in [-0.2, 0) is 37.9 Å². The van der Waals surface area contributed by atoms with E-state index in [4.69, 9.17) is 0 Å². The van der Waals surface area contributed by atoms with Crippen molar-refractivity contribution < 1.29 is 9.59 Å². The first-order chi connectivity index (χ1) is 12.9. The number of rotatable bonds is 5. The van der Waals surface area contributed by atoms with Crippen molar-refractivity contribution in [2.75, 3.05) is 20.6 Å². The van der Waals surface area contributed by atoms with Crippen molar-refractivity contribution in [2.24, 2.45) is 7.05 Å². The van der Waals surface area contributed by atoms with Gasteiger partial charge in [-0.1, -0.05) is 0 Å².